The number of carbonyl (C=O) groups is 2. The van der Waals surface area contributed by atoms with Gasteiger partial charge >= 0.3 is 11.9 Å². The molecule has 0 saturated heterocycles. The van der Waals surface area contributed by atoms with Crippen LogP contribution in [0.3, 0.4) is 0 Å². The number of carbonyl (C=O) groups excluding carboxylic acids is 1. The molecule has 0 aliphatic heterocycles. The summed E-state index contributed by atoms with van der Waals surface area (Å²) < 4.78 is 5.44. The lowest BCUT2D eigenvalue weighted by molar-refractivity contribution is 0.0472. The van der Waals surface area contributed by atoms with Crippen LogP contribution in [-0.4, -0.2) is 22.2 Å². The van der Waals surface area contributed by atoms with Crippen molar-refractivity contribution in [3.63, 3.8) is 0 Å². The average Bonchev–Trinajstić information content (AvgIpc) is 2.82. The van der Waals surface area contributed by atoms with Crippen molar-refractivity contribution in [2.45, 2.75) is 19.6 Å². The van der Waals surface area contributed by atoms with Gasteiger partial charge in [-0.3, -0.25) is 0 Å². The van der Waals surface area contributed by atoms with Crippen molar-refractivity contribution in [2.75, 3.05) is 0 Å². The largest absolute Gasteiger partial charge is 0.478 e. The number of hydrogen-bond acceptors (Lipinski definition) is 4. The monoisotopic (exact) mass is 426 g/mol. The lowest BCUT2D eigenvalue weighted by Gasteiger charge is -2.13. The fourth-order valence-corrected chi connectivity index (χ4v) is 3.48. The fourth-order valence-electron chi connectivity index (χ4n) is 3.48. The predicted molar refractivity (Wildman–Crippen MR) is 122 cm³/mol. The molecule has 0 amide bonds. The van der Waals surface area contributed by atoms with Gasteiger partial charge in [0, 0.05) is 0 Å². The summed E-state index contributed by atoms with van der Waals surface area (Å²) in [7, 11) is 0. The molecule has 4 aromatic carbocycles. The Morgan fingerprint density at radius 3 is 2.09 bits per heavy atom. The minimum Gasteiger partial charge on any atom is -0.478 e. The van der Waals surface area contributed by atoms with Crippen LogP contribution in [0.25, 0.3) is 10.8 Å². The molecule has 5 heteroatoms. The third kappa shape index (κ3) is 4.68. The van der Waals surface area contributed by atoms with Crippen molar-refractivity contribution in [1.29, 1.82) is 0 Å². The molecule has 4 aromatic rings. The molecular weight excluding hydrogens is 404 g/mol. The van der Waals surface area contributed by atoms with E-state index in [1.165, 1.54) is 12.1 Å². The van der Waals surface area contributed by atoms with E-state index in [2.05, 4.69) is 0 Å². The van der Waals surface area contributed by atoms with Gasteiger partial charge in [0.05, 0.1) is 11.1 Å². The van der Waals surface area contributed by atoms with Gasteiger partial charge in [-0.25, -0.2) is 9.59 Å². The Morgan fingerprint density at radius 2 is 1.41 bits per heavy atom. The smallest absolute Gasteiger partial charge is 0.338 e. The van der Waals surface area contributed by atoms with E-state index in [1.807, 2.05) is 55.5 Å². The molecule has 0 aliphatic rings. The molecule has 0 spiro atoms. The fraction of sp³-hybridized carbons (Fsp3) is 0.111. The van der Waals surface area contributed by atoms with Crippen molar-refractivity contribution < 1.29 is 24.5 Å². The maximum absolute atomic E-state index is 12.5. The Kier molecular flexibility index (Phi) is 6.01. The molecule has 0 aromatic heterocycles. The topological polar surface area (TPSA) is 83.8 Å². The summed E-state index contributed by atoms with van der Waals surface area (Å²) in [5.74, 6) is -1.43. The SMILES string of the molecule is Cc1ccc(COC(=O)c2ccc3ccc(C(O)c4ccc(C(=O)O)cc4)cc3c2)cc1. The number of esters is 1. The van der Waals surface area contributed by atoms with E-state index in [0.717, 1.165) is 21.9 Å². The molecule has 1 unspecified atom stereocenters. The number of carboxylic acid groups (broad SMARTS) is 1. The molecule has 0 fully saturated rings. The number of benzene rings is 4. The van der Waals surface area contributed by atoms with E-state index in [0.29, 0.717) is 16.7 Å². The van der Waals surface area contributed by atoms with Gasteiger partial charge in [-0.05, 0) is 64.7 Å². The Hall–Kier alpha value is -3.96. The standard InChI is InChI=1S/C27H22O5/c1-17-2-4-18(5-3-17)16-32-27(31)23-13-7-19-6-12-22(14-24(19)15-23)25(28)20-8-10-21(11-9-20)26(29)30/h2-15,25,28H,16H2,1H3,(H,29,30). The van der Waals surface area contributed by atoms with Crippen molar-refractivity contribution >= 4 is 22.7 Å². The Labute approximate surface area is 185 Å². The van der Waals surface area contributed by atoms with Gasteiger partial charge in [0.25, 0.3) is 0 Å². The van der Waals surface area contributed by atoms with Crippen LogP contribution in [0.1, 0.15) is 49.1 Å². The highest BCUT2D eigenvalue weighted by molar-refractivity contribution is 5.95. The van der Waals surface area contributed by atoms with Crippen LogP contribution >= 0.6 is 0 Å². The minimum absolute atomic E-state index is 0.160. The molecule has 2 N–H and O–H groups in total. The van der Waals surface area contributed by atoms with E-state index in [4.69, 9.17) is 9.84 Å². The first kappa shape index (κ1) is 21.3. The Bertz CT molecular complexity index is 1270. The number of aliphatic hydroxyl groups excluding tert-OH is 1. The summed E-state index contributed by atoms with van der Waals surface area (Å²) in [6, 6.07) is 24.7. The maximum atomic E-state index is 12.5. The molecule has 4 rings (SSSR count). The average molecular weight is 426 g/mol. The van der Waals surface area contributed by atoms with Crippen LogP contribution in [0.4, 0.5) is 0 Å². The number of aryl methyl sites for hydroxylation is 1. The first-order valence-corrected chi connectivity index (χ1v) is 10.2. The normalized spacial score (nSPS) is 11.8. The molecule has 5 nitrogen and oxygen atoms in total. The third-order valence-corrected chi connectivity index (χ3v) is 5.38. The lowest BCUT2D eigenvalue weighted by Crippen LogP contribution is -2.05. The molecule has 32 heavy (non-hydrogen) atoms. The van der Waals surface area contributed by atoms with Gasteiger partial charge < -0.3 is 14.9 Å². The molecule has 160 valence electrons. The number of carboxylic acids is 1. The van der Waals surface area contributed by atoms with Crippen LogP contribution in [0.2, 0.25) is 0 Å². The van der Waals surface area contributed by atoms with Crippen LogP contribution < -0.4 is 0 Å². The summed E-state index contributed by atoms with van der Waals surface area (Å²) in [6.45, 7) is 2.20. The van der Waals surface area contributed by atoms with Gasteiger partial charge in [-0.2, -0.15) is 0 Å². The van der Waals surface area contributed by atoms with Crippen LogP contribution in [0.15, 0.2) is 84.9 Å². The molecule has 0 saturated carbocycles. The van der Waals surface area contributed by atoms with E-state index in [9.17, 15) is 14.7 Å². The van der Waals surface area contributed by atoms with Crippen LogP contribution in [0, 0.1) is 6.92 Å². The van der Waals surface area contributed by atoms with Crippen molar-refractivity contribution in [2.24, 2.45) is 0 Å². The van der Waals surface area contributed by atoms with Gasteiger partial charge in [-0.15, -0.1) is 0 Å². The number of hydrogen-bond donors (Lipinski definition) is 2. The zero-order valence-electron chi connectivity index (χ0n) is 17.5. The van der Waals surface area contributed by atoms with E-state index in [1.54, 1.807) is 24.3 Å². The second-order valence-electron chi connectivity index (χ2n) is 7.71. The minimum atomic E-state index is -1.02. The highest BCUT2D eigenvalue weighted by atomic mass is 16.5. The number of aliphatic hydroxyl groups is 1. The molecule has 0 radical (unpaired) electrons. The summed E-state index contributed by atoms with van der Waals surface area (Å²) in [5.41, 5.74) is 3.89. The predicted octanol–water partition coefficient (Wildman–Crippen LogP) is 5.29. The van der Waals surface area contributed by atoms with Gasteiger partial charge in [0.2, 0.25) is 0 Å². The third-order valence-electron chi connectivity index (χ3n) is 5.38. The zero-order valence-corrected chi connectivity index (χ0v) is 17.5. The van der Waals surface area contributed by atoms with Crippen molar-refractivity contribution in [3.05, 3.63) is 118 Å². The van der Waals surface area contributed by atoms with Crippen LogP contribution in [-0.2, 0) is 11.3 Å². The number of fused-ring (bicyclic) bond motifs is 1. The lowest BCUT2D eigenvalue weighted by atomic mass is 9.97. The highest BCUT2D eigenvalue weighted by Gasteiger charge is 2.14. The zero-order chi connectivity index (χ0) is 22.7. The van der Waals surface area contributed by atoms with Crippen molar-refractivity contribution in [3.8, 4) is 0 Å². The highest BCUT2D eigenvalue weighted by Crippen LogP contribution is 2.27. The summed E-state index contributed by atoms with van der Waals surface area (Å²) in [6.07, 6.45) is -0.917. The number of aromatic carboxylic acids is 1. The second kappa shape index (κ2) is 9.04. The van der Waals surface area contributed by atoms with E-state index >= 15 is 0 Å². The summed E-state index contributed by atoms with van der Waals surface area (Å²) >= 11 is 0. The molecule has 0 aliphatic carbocycles. The molecular formula is C27H22O5. The number of ether oxygens (including phenoxy) is 1. The van der Waals surface area contributed by atoms with E-state index < -0.39 is 18.0 Å². The van der Waals surface area contributed by atoms with E-state index in [-0.39, 0.29) is 12.2 Å². The second-order valence-corrected chi connectivity index (χ2v) is 7.71. The maximum Gasteiger partial charge on any atom is 0.338 e. The van der Waals surface area contributed by atoms with Gasteiger partial charge in [0.1, 0.15) is 12.7 Å². The Balaban J connectivity index is 1.53. The molecule has 0 heterocycles. The first-order valence-electron chi connectivity index (χ1n) is 10.2. The molecule has 1 atom stereocenters. The Morgan fingerprint density at radius 1 is 0.781 bits per heavy atom. The van der Waals surface area contributed by atoms with Gasteiger partial charge in [-0.1, -0.05) is 60.2 Å². The quantitative estimate of drug-likeness (QED) is 0.410. The molecule has 0 bridgehead atoms. The van der Waals surface area contributed by atoms with Crippen LogP contribution in [0.5, 0.6) is 0 Å². The summed E-state index contributed by atoms with van der Waals surface area (Å²) in [5, 5.41) is 21.5. The summed E-state index contributed by atoms with van der Waals surface area (Å²) in [4.78, 5) is 23.6. The number of rotatable bonds is 6. The van der Waals surface area contributed by atoms with Crippen molar-refractivity contribution in [1.82, 2.24) is 0 Å². The first-order chi connectivity index (χ1) is 15.4. The van der Waals surface area contributed by atoms with Gasteiger partial charge in [0.15, 0.2) is 0 Å².